The molecule has 11 aromatic rings. The molecule has 296 valence electrons. The highest BCUT2D eigenvalue weighted by Gasteiger charge is 2.23. The van der Waals surface area contributed by atoms with Crippen LogP contribution in [0.15, 0.2) is 237 Å². The third kappa shape index (κ3) is 6.40. The smallest absolute Gasteiger partial charge is 0.0540 e. The molecule has 0 saturated heterocycles. The van der Waals surface area contributed by atoms with Crippen molar-refractivity contribution in [2.45, 2.75) is 12.8 Å². The summed E-state index contributed by atoms with van der Waals surface area (Å²) in [6.45, 7) is 0. The van der Waals surface area contributed by atoms with Crippen molar-refractivity contribution in [3.8, 4) is 33.4 Å². The molecule has 0 radical (unpaired) electrons. The predicted octanol–water partition coefficient (Wildman–Crippen LogP) is 17.7. The van der Waals surface area contributed by atoms with Crippen molar-refractivity contribution in [1.29, 1.82) is 0 Å². The molecule has 1 aliphatic rings. The first-order chi connectivity index (χ1) is 31.3. The SMILES string of the molecule is C1=CC(c2cc(-c3ccccc3)c3c4ccc(-c5ccc6cc(N(c7ccccc7)c7cccc8ccccc78)ccc6c5)cc4c4ccccc4c3c2-c2ccccc2)=CCC1. The first-order valence-electron chi connectivity index (χ1n) is 22.1. The zero-order valence-electron chi connectivity index (χ0n) is 34.9. The van der Waals surface area contributed by atoms with E-state index in [1.54, 1.807) is 0 Å². The molecule has 63 heavy (non-hydrogen) atoms. The van der Waals surface area contributed by atoms with Gasteiger partial charge >= 0.3 is 0 Å². The molecule has 1 aliphatic carbocycles. The molecular formula is C62H43N. The summed E-state index contributed by atoms with van der Waals surface area (Å²) < 4.78 is 0. The molecule has 0 unspecified atom stereocenters. The Hall–Kier alpha value is -8.00. The van der Waals surface area contributed by atoms with Crippen LogP contribution in [0.4, 0.5) is 17.1 Å². The largest absolute Gasteiger partial charge is 0.310 e. The Bertz CT molecular complexity index is 3590. The van der Waals surface area contributed by atoms with Crippen LogP contribution >= 0.6 is 0 Å². The lowest BCUT2D eigenvalue weighted by molar-refractivity contribution is 1.04. The minimum absolute atomic E-state index is 1.05. The standard InChI is InChI=1S/C62H43N/c1-5-18-43(19-6-1)56-41-57(44-20-7-2-8-21-44)61-55-37-35-49(40-58(55)53-29-15-16-30-54(53)62(61)60(56)45-23-9-3-10-24-45)46-32-33-48-39-51(36-34-47(48)38-46)63(50-26-11-4-12-27-50)59-31-17-25-42-22-13-14-28-52(42)59/h2-5,7-41H,1,6H2. The number of benzene rings is 11. The van der Waals surface area contributed by atoms with E-state index in [4.69, 9.17) is 0 Å². The van der Waals surface area contributed by atoms with Gasteiger partial charge in [0, 0.05) is 16.8 Å². The first kappa shape index (κ1) is 36.8. The van der Waals surface area contributed by atoms with Crippen LogP contribution in [0.3, 0.4) is 0 Å². The van der Waals surface area contributed by atoms with Gasteiger partial charge in [0.1, 0.15) is 0 Å². The van der Waals surface area contributed by atoms with Crippen molar-refractivity contribution in [3.63, 3.8) is 0 Å². The van der Waals surface area contributed by atoms with Crippen LogP contribution in [0.1, 0.15) is 18.4 Å². The molecule has 0 saturated carbocycles. The number of rotatable bonds is 7. The minimum atomic E-state index is 1.05. The van der Waals surface area contributed by atoms with Gasteiger partial charge < -0.3 is 4.90 Å². The fourth-order valence-corrected chi connectivity index (χ4v) is 10.1. The number of allylic oxidation sites excluding steroid dienone is 4. The molecule has 0 aromatic heterocycles. The molecule has 0 fully saturated rings. The van der Waals surface area contributed by atoms with Crippen LogP contribution in [0.5, 0.6) is 0 Å². The number of hydrogen-bond acceptors (Lipinski definition) is 1. The molecule has 11 aromatic carbocycles. The van der Waals surface area contributed by atoms with E-state index in [1.807, 2.05) is 0 Å². The fraction of sp³-hybridized carbons (Fsp3) is 0.0323. The van der Waals surface area contributed by atoms with E-state index in [2.05, 4.69) is 242 Å². The maximum atomic E-state index is 2.47. The number of nitrogens with zero attached hydrogens (tertiary/aromatic N) is 1. The first-order valence-corrected chi connectivity index (χ1v) is 22.1. The van der Waals surface area contributed by atoms with Crippen LogP contribution in [-0.2, 0) is 0 Å². The molecule has 0 aliphatic heterocycles. The van der Waals surface area contributed by atoms with E-state index >= 15 is 0 Å². The van der Waals surface area contributed by atoms with Gasteiger partial charge in [-0.25, -0.2) is 0 Å². The van der Waals surface area contributed by atoms with Crippen LogP contribution in [0.25, 0.3) is 92.8 Å². The Morgan fingerprint density at radius 2 is 0.968 bits per heavy atom. The highest BCUT2D eigenvalue weighted by atomic mass is 15.1. The van der Waals surface area contributed by atoms with Crippen molar-refractivity contribution in [3.05, 3.63) is 242 Å². The number of fused-ring (bicyclic) bond motifs is 8. The summed E-state index contributed by atoms with van der Waals surface area (Å²) in [6.07, 6.45) is 9.21. The fourth-order valence-electron chi connectivity index (χ4n) is 10.1. The lowest BCUT2D eigenvalue weighted by Gasteiger charge is -2.27. The molecule has 1 nitrogen and oxygen atoms in total. The van der Waals surface area contributed by atoms with Gasteiger partial charge in [0.05, 0.1) is 5.69 Å². The molecule has 1 heteroatoms. The summed E-state index contributed by atoms with van der Waals surface area (Å²) in [4.78, 5) is 2.38. The predicted molar refractivity (Wildman–Crippen MR) is 271 cm³/mol. The van der Waals surface area contributed by atoms with Gasteiger partial charge in [0.25, 0.3) is 0 Å². The van der Waals surface area contributed by atoms with Crippen molar-refractivity contribution in [2.75, 3.05) is 4.90 Å². The van der Waals surface area contributed by atoms with Gasteiger partial charge in [-0.15, -0.1) is 0 Å². The van der Waals surface area contributed by atoms with E-state index in [1.165, 1.54) is 98.4 Å². The monoisotopic (exact) mass is 801 g/mol. The van der Waals surface area contributed by atoms with Gasteiger partial charge in [-0.3, -0.25) is 0 Å². The third-order valence-corrected chi connectivity index (χ3v) is 13.0. The lowest BCUT2D eigenvalue weighted by atomic mass is 9.80. The van der Waals surface area contributed by atoms with Crippen molar-refractivity contribution < 1.29 is 0 Å². The summed E-state index contributed by atoms with van der Waals surface area (Å²) in [5, 5.41) is 12.5. The summed E-state index contributed by atoms with van der Waals surface area (Å²) in [7, 11) is 0. The summed E-state index contributed by atoms with van der Waals surface area (Å²) in [6, 6.07) is 80.4. The zero-order chi connectivity index (χ0) is 41.7. The van der Waals surface area contributed by atoms with Crippen LogP contribution in [0.2, 0.25) is 0 Å². The quantitative estimate of drug-likeness (QED) is 0.145. The normalized spacial score (nSPS) is 12.7. The van der Waals surface area contributed by atoms with E-state index in [9.17, 15) is 0 Å². The van der Waals surface area contributed by atoms with E-state index in [0.717, 1.165) is 29.9 Å². The summed E-state index contributed by atoms with van der Waals surface area (Å²) in [5.41, 5.74) is 13.4. The van der Waals surface area contributed by atoms with Crippen molar-refractivity contribution in [1.82, 2.24) is 0 Å². The number of para-hydroxylation sites is 1. The van der Waals surface area contributed by atoms with Crippen LogP contribution in [-0.4, -0.2) is 0 Å². The van der Waals surface area contributed by atoms with Crippen LogP contribution < -0.4 is 4.90 Å². The second-order valence-corrected chi connectivity index (χ2v) is 16.7. The molecule has 0 atom stereocenters. The Morgan fingerprint density at radius 3 is 1.76 bits per heavy atom. The summed E-state index contributed by atoms with van der Waals surface area (Å²) >= 11 is 0. The third-order valence-electron chi connectivity index (χ3n) is 13.0. The second kappa shape index (κ2) is 15.5. The Kier molecular flexibility index (Phi) is 9.04. The highest BCUT2D eigenvalue weighted by molar-refractivity contribution is 6.33. The van der Waals surface area contributed by atoms with Gasteiger partial charge in [-0.1, -0.05) is 188 Å². The lowest BCUT2D eigenvalue weighted by Crippen LogP contribution is -2.10. The van der Waals surface area contributed by atoms with Gasteiger partial charge in [-0.05, 0) is 154 Å². The van der Waals surface area contributed by atoms with Gasteiger partial charge in [-0.2, -0.15) is 0 Å². The Labute approximate surface area is 368 Å². The topological polar surface area (TPSA) is 3.24 Å². The number of anilines is 3. The maximum Gasteiger partial charge on any atom is 0.0540 e. The Balaban J connectivity index is 1.05. The van der Waals surface area contributed by atoms with E-state index in [-0.39, 0.29) is 0 Å². The molecule has 0 bridgehead atoms. The van der Waals surface area contributed by atoms with E-state index < -0.39 is 0 Å². The molecule has 0 amide bonds. The summed E-state index contributed by atoms with van der Waals surface area (Å²) in [5.74, 6) is 0. The van der Waals surface area contributed by atoms with Gasteiger partial charge in [0.15, 0.2) is 0 Å². The molecule has 0 spiro atoms. The molecular weight excluding hydrogens is 759 g/mol. The maximum absolute atomic E-state index is 2.47. The van der Waals surface area contributed by atoms with E-state index in [0.29, 0.717) is 0 Å². The number of hydrogen-bond donors (Lipinski definition) is 0. The Morgan fingerprint density at radius 1 is 0.333 bits per heavy atom. The minimum Gasteiger partial charge on any atom is -0.310 e. The van der Waals surface area contributed by atoms with Gasteiger partial charge in [0.2, 0.25) is 0 Å². The zero-order valence-corrected chi connectivity index (χ0v) is 34.9. The highest BCUT2D eigenvalue weighted by Crippen LogP contribution is 2.49. The molecule has 0 heterocycles. The van der Waals surface area contributed by atoms with Crippen molar-refractivity contribution in [2.24, 2.45) is 0 Å². The van der Waals surface area contributed by atoms with Crippen LogP contribution in [0, 0.1) is 0 Å². The average molecular weight is 802 g/mol. The second-order valence-electron chi connectivity index (χ2n) is 16.7. The molecule has 12 rings (SSSR count). The van der Waals surface area contributed by atoms with Crippen molar-refractivity contribution >= 4 is 76.5 Å². The molecule has 0 N–H and O–H groups in total. The average Bonchev–Trinajstić information content (AvgIpc) is 3.37.